The molecule has 0 heterocycles. The van der Waals surface area contributed by atoms with Gasteiger partial charge in [0.05, 0.1) is 13.7 Å². The van der Waals surface area contributed by atoms with E-state index in [0.29, 0.717) is 12.5 Å². The summed E-state index contributed by atoms with van der Waals surface area (Å²) >= 11 is 6.40. The van der Waals surface area contributed by atoms with Crippen LogP contribution in [0.15, 0.2) is 12.1 Å². The number of rotatable bonds is 6. The largest absolute Gasteiger partial charge is 0.493 e. The first kappa shape index (κ1) is 13.1. The fourth-order valence-electron chi connectivity index (χ4n) is 2.44. The minimum atomic E-state index is 0.0688. The summed E-state index contributed by atoms with van der Waals surface area (Å²) in [6.45, 7) is 1.40. The van der Waals surface area contributed by atoms with Crippen molar-refractivity contribution in [2.75, 3.05) is 20.3 Å². The van der Waals surface area contributed by atoms with Crippen molar-refractivity contribution in [2.24, 2.45) is 11.7 Å². The second-order valence-corrected chi connectivity index (χ2v) is 6.13. The Morgan fingerprint density at radius 1 is 1.32 bits per heavy atom. The van der Waals surface area contributed by atoms with E-state index in [2.05, 4.69) is 0 Å². The Labute approximate surface area is 119 Å². The van der Waals surface area contributed by atoms with E-state index in [1.165, 1.54) is 12.8 Å². The first-order valence-corrected chi connectivity index (χ1v) is 7.27. The van der Waals surface area contributed by atoms with Gasteiger partial charge in [0.25, 0.3) is 0 Å². The normalized spacial score (nSPS) is 20.2. The van der Waals surface area contributed by atoms with Crippen LogP contribution in [0.3, 0.4) is 0 Å². The second-order valence-electron chi connectivity index (χ2n) is 5.72. The highest BCUT2D eigenvalue weighted by molar-refractivity contribution is 6.31. The van der Waals surface area contributed by atoms with E-state index in [4.69, 9.17) is 26.8 Å². The monoisotopic (exact) mass is 281 g/mol. The molecule has 2 aliphatic rings. The van der Waals surface area contributed by atoms with Crippen molar-refractivity contribution in [2.45, 2.75) is 31.1 Å². The molecule has 3 nitrogen and oxygen atoms in total. The highest BCUT2D eigenvalue weighted by atomic mass is 35.5. The summed E-state index contributed by atoms with van der Waals surface area (Å²) < 4.78 is 11.3. The van der Waals surface area contributed by atoms with Crippen LogP contribution in [0, 0.1) is 5.92 Å². The minimum absolute atomic E-state index is 0.0688. The average molecular weight is 282 g/mol. The molecule has 0 aromatic heterocycles. The van der Waals surface area contributed by atoms with Gasteiger partial charge in [0.15, 0.2) is 11.5 Å². The minimum Gasteiger partial charge on any atom is -0.493 e. The molecule has 1 aromatic rings. The zero-order valence-corrected chi connectivity index (χ0v) is 12.0. The summed E-state index contributed by atoms with van der Waals surface area (Å²) in [6, 6.07) is 3.89. The van der Waals surface area contributed by atoms with Crippen LogP contribution in [0.5, 0.6) is 11.5 Å². The number of benzene rings is 1. The Morgan fingerprint density at radius 2 is 2.05 bits per heavy atom. The number of halogens is 1. The quantitative estimate of drug-likeness (QED) is 0.871. The smallest absolute Gasteiger partial charge is 0.162 e. The maximum Gasteiger partial charge on any atom is 0.162 e. The summed E-state index contributed by atoms with van der Waals surface area (Å²) in [7, 11) is 1.67. The lowest BCUT2D eigenvalue weighted by molar-refractivity contribution is 0.280. The topological polar surface area (TPSA) is 44.5 Å². The first-order chi connectivity index (χ1) is 9.18. The van der Waals surface area contributed by atoms with E-state index in [-0.39, 0.29) is 5.41 Å². The van der Waals surface area contributed by atoms with E-state index in [9.17, 15) is 0 Å². The third-order valence-corrected chi connectivity index (χ3v) is 4.55. The van der Waals surface area contributed by atoms with Crippen molar-refractivity contribution in [3.63, 3.8) is 0 Å². The van der Waals surface area contributed by atoms with Gasteiger partial charge in [0.1, 0.15) is 0 Å². The molecule has 2 fully saturated rings. The van der Waals surface area contributed by atoms with E-state index >= 15 is 0 Å². The number of ether oxygens (including phenoxy) is 2. The fraction of sp³-hybridized carbons (Fsp3) is 0.600. The van der Waals surface area contributed by atoms with Gasteiger partial charge in [0, 0.05) is 23.0 Å². The fourth-order valence-corrected chi connectivity index (χ4v) is 2.79. The lowest BCUT2D eigenvalue weighted by Gasteiger charge is -2.18. The Hall–Kier alpha value is -0.930. The summed E-state index contributed by atoms with van der Waals surface area (Å²) in [5, 5.41) is 0.745. The summed E-state index contributed by atoms with van der Waals surface area (Å²) in [5.41, 5.74) is 7.05. The van der Waals surface area contributed by atoms with E-state index < -0.39 is 0 Å². The van der Waals surface area contributed by atoms with Crippen LogP contribution < -0.4 is 15.2 Å². The molecule has 3 rings (SSSR count). The zero-order valence-electron chi connectivity index (χ0n) is 11.2. The van der Waals surface area contributed by atoms with E-state index in [1.807, 2.05) is 12.1 Å². The van der Waals surface area contributed by atoms with Crippen LogP contribution in [0.25, 0.3) is 0 Å². The lowest BCUT2D eigenvalue weighted by atomic mass is 9.95. The van der Waals surface area contributed by atoms with Crippen molar-refractivity contribution in [3.8, 4) is 11.5 Å². The summed E-state index contributed by atoms with van der Waals surface area (Å²) in [6.07, 6.45) is 4.75. The number of hydrogen-bond donors (Lipinski definition) is 1. The maximum atomic E-state index is 6.40. The Balaban J connectivity index is 1.86. The molecule has 1 aromatic carbocycles. The number of nitrogens with two attached hydrogens (primary N) is 1. The molecule has 0 aliphatic heterocycles. The molecule has 0 unspecified atom stereocenters. The van der Waals surface area contributed by atoms with Gasteiger partial charge in [-0.25, -0.2) is 0 Å². The predicted molar refractivity (Wildman–Crippen MR) is 76.2 cm³/mol. The highest BCUT2D eigenvalue weighted by Crippen LogP contribution is 2.51. The molecule has 0 radical (unpaired) electrons. The lowest BCUT2D eigenvalue weighted by Crippen LogP contribution is -2.20. The molecule has 2 saturated carbocycles. The molecule has 0 spiro atoms. The molecule has 4 heteroatoms. The van der Waals surface area contributed by atoms with E-state index in [0.717, 1.165) is 41.5 Å². The van der Waals surface area contributed by atoms with Gasteiger partial charge in [-0.15, -0.1) is 0 Å². The van der Waals surface area contributed by atoms with Gasteiger partial charge in [-0.05, 0) is 43.2 Å². The Kier molecular flexibility index (Phi) is 3.35. The number of hydrogen-bond acceptors (Lipinski definition) is 3. The van der Waals surface area contributed by atoms with Gasteiger partial charge in [-0.2, -0.15) is 0 Å². The molecule has 0 bridgehead atoms. The molecule has 19 heavy (non-hydrogen) atoms. The summed E-state index contributed by atoms with van der Waals surface area (Å²) in [4.78, 5) is 0. The van der Waals surface area contributed by atoms with Crippen LogP contribution >= 0.6 is 11.6 Å². The SMILES string of the molecule is COc1cc(C2(CN)CC2)c(Cl)cc1OCC1CC1. The van der Waals surface area contributed by atoms with Gasteiger partial charge >= 0.3 is 0 Å². The van der Waals surface area contributed by atoms with Crippen molar-refractivity contribution in [1.82, 2.24) is 0 Å². The van der Waals surface area contributed by atoms with Crippen molar-refractivity contribution in [1.29, 1.82) is 0 Å². The predicted octanol–water partition coefficient (Wildman–Crippen LogP) is 3.13. The van der Waals surface area contributed by atoms with Crippen LogP contribution in [0.4, 0.5) is 0 Å². The van der Waals surface area contributed by atoms with Gasteiger partial charge in [-0.3, -0.25) is 0 Å². The molecule has 0 amide bonds. The molecule has 0 atom stereocenters. The molecule has 2 aliphatic carbocycles. The Morgan fingerprint density at radius 3 is 2.58 bits per heavy atom. The third kappa shape index (κ3) is 2.54. The van der Waals surface area contributed by atoms with Crippen LogP contribution in [0.1, 0.15) is 31.2 Å². The highest BCUT2D eigenvalue weighted by Gasteiger charge is 2.44. The van der Waals surface area contributed by atoms with Crippen LogP contribution in [-0.4, -0.2) is 20.3 Å². The first-order valence-electron chi connectivity index (χ1n) is 6.89. The Bertz CT molecular complexity index is 481. The third-order valence-electron chi connectivity index (χ3n) is 4.24. The maximum absolute atomic E-state index is 6.40. The average Bonchev–Trinajstić information content (AvgIpc) is 3.30. The molecule has 104 valence electrons. The molecule has 0 saturated heterocycles. The van der Waals surface area contributed by atoms with Crippen molar-refractivity contribution in [3.05, 3.63) is 22.7 Å². The van der Waals surface area contributed by atoms with Crippen molar-refractivity contribution >= 4 is 11.6 Å². The van der Waals surface area contributed by atoms with Crippen LogP contribution in [0.2, 0.25) is 5.02 Å². The number of methoxy groups -OCH3 is 1. The van der Waals surface area contributed by atoms with Gasteiger partial charge < -0.3 is 15.2 Å². The van der Waals surface area contributed by atoms with Crippen molar-refractivity contribution < 1.29 is 9.47 Å². The van der Waals surface area contributed by atoms with Gasteiger partial charge in [-0.1, -0.05) is 11.6 Å². The van der Waals surface area contributed by atoms with E-state index in [1.54, 1.807) is 7.11 Å². The second kappa shape index (κ2) is 4.88. The standard InChI is InChI=1S/C15H20ClNO2/c1-18-13-6-11(15(9-17)4-5-15)12(16)7-14(13)19-8-10-2-3-10/h6-7,10H,2-5,8-9,17H2,1H3. The summed E-state index contributed by atoms with van der Waals surface area (Å²) in [5.74, 6) is 2.22. The molecular formula is C15H20ClNO2. The molecule has 2 N–H and O–H groups in total. The molecular weight excluding hydrogens is 262 g/mol. The van der Waals surface area contributed by atoms with Gasteiger partial charge in [0.2, 0.25) is 0 Å². The van der Waals surface area contributed by atoms with Crippen LogP contribution in [-0.2, 0) is 5.41 Å². The zero-order chi connectivity index (χ0) is 13.5.